The van der Waals surface area contributed by atoms with Crippen molar-refractivity contribution >= 4 is 11.8 Å². The van der Waals surface area contributed by atoms with Crippen LogP contribution < -0.4 is 4.74 Å². The van der Waals surface area contributed by atoms with Gasteiger partial charge in [-0.25, -0.2) is 0 Å². The minimum absolute atomic E-state index is 0.0244. The third-order valence-electron chi connectivity index (χ3n) is 6.87. The number of benzene rings is 2. The highest BCUT2D eigenvalue weighted by atomic mass is 16.5. The van der Waals surface area contributed by atoms with Crippen LogP contribution in [0.5, 0.6) is 5.75 Å². The molecule has 0 spiro atoms. The van der Waals surface area contributed by atoms with Crippen LogP contribution in [0.15, 0.2) is 54.6 Å². The van der Waals surface area contributed by atoms with Crippen molar-refractivity contribution in [1.82, 2.24) is 9.80 Å². The largest absolute Gasteiger partial charge is 0.497 e. The van der Waals surface area contributed by atoms with Crippen molar-refractivity contribution in [2.24, 2.45) is 0 Å². The fourth-order valence-electron chi connectivity index (χ4n) is 5.12. The Morgan fingerprint density at radius 3 is 2.42 bits per heavy atom. The average Bonchev–Trinajstić information content (AvgIpc) is 3.11. The Hall–Kier alpha value is -2.86. The van der Waals surface area contributed by atoms with Gasteiger partial charge >= 0.3 is 0 Å². The molecule has 2 amide bonds. The van der Waals surface area contributed by atoms with E-state index in [1.165, 1.54) is 5.56 Å². The number of fused-ring (bicyclic) bond motifs is 1. The lowest BCUT2D eigenvalue weighted by Crippen LogP contribution is -2.45. The zero-order chi connectivity index (χ0) is 21.8. The zero-order valence-electron chi connectivity index (χ0n) is 18.3. The molecule has 2 aromatic carbocycles. The Bertz CT molecular complexity index is 915. The molecule has 2 aliphatic heterocycles. The van der Waals surface area contributed by atoms with Crippen molar-refractivity contribution in [3.8, 4) is 5.75 Å². The van der Waals surface area contributed by atoms with Crippen LogP contribution in [-0.2, 0) is 14.9 Å². The predicted octanol–water partition coefficient (Wildman–Crippen LogP) is 3.12. The van der Waals surface area contributed by atoms with Crippen LogP contribution >= 0.6 is 0 Å². The molecular formula is C25H30N2O4. The van der Waals surface area contributed by atoms with Crippen molar-refractivity contribution in [1.29, 1.82) is 0 Å². The van der Waals surface area contributed by atoms with E-state index in [0.717, 1.165) is 18.6 Å². The second-order valence-electron chi connectivity index (χ2n) is 8.34. The highest BCUT2D eigenvalue weighted by molar-refractivity contribution is 5.95. The molecule has 2 heterocycles. The number of methoxy groups -OCH3 is 2. The summed E-state index contributed by atoms with van der Waals surface area (Å²) in [6, 6.07) is 17.4. The van der Waals surface area contributed by atoms with Gasteiger partial charge in [0.1, 0.15) is 5.75 Å². The van der Waals surface area contributed by atoms with Gasteiger partial charge in [-0.3, -0.25) is 9.59 Å². The molecule has 6 nitrogen and oxygen atoms in total. The first-order chi connectivity index (χ1) is 15.1. The first-order valence-electron chi connectivity index (χ1n) is 10.9. The highest BCUT2D eigenvalue weighted by Gasteiger charge is 2.52. The third kappa shape index (κ3) is 4.04. The minimum atomic E-state index is -0.221. The van der Waals surface area contributed by atoms with Gasteiger partial charge in [-0.05, 0) is 42.7 Å². The van der Waals surface area contributed by atoms with Gasteiger partial charge in [0.05, 0.1) is 19.8 Å². The number of hydrogen-bond acceptors (Lipinski definition) is 4. The van der Waals surface area contributed by atoms with Gasteiger partial charge in [0.2, 0.25) is 5.91 Å². The summed E-state index contributed by atoms with van der Waals surface area (Å²) in [4.78, 5) is 30.4. The SMILES string of the molecule is COCCN1CC[C@@]2(c3ccccc3)CCN(C(=O)c3ccc(OC)cc3)[C@@H]2CC1=O. The number of hydrogen-bond donors (Lipinski definition) is 0. The topological polar surface area (TPSA) is 59.1 Å². The Morgan fingerprint density at radius 1 is 1.03 bits per heavy atom. The van der Waals surface area contributed by atoms with Gasteiger partial charge in [0, 0.05) is 44.1 Å². The molecule has 0 aliphatic carbocycles. The summed E-state index contributed by atoms with van der Waals surface area (Å²) in [6.45, 7) is 2.43. The molecule has 0 saturated carbocycles. The lowest BCUT2D eigenvalue weighted by atomic mass is 9.71. The predicted molar refractivity (Wildman–Crippen MR) is 118 cm³/mol. The lowest BCUT2D eigenvalue weighted by Gasteiger charge is -2.36. The van der Waals surface area contributed by atoms with E-state index in [1.807, 2.05) is 28.0 Å². The Balaban J connectivity index is 1.67. The van der Waals surface area contributed by atoms with Gasteiger partial charge in [0.25, 0.3) is 5.91 Å². The highest BCUT2D eigenvalue weighted by Crippen LogP contribution is 2.46. The van der Waals surface area contributed by atoms with Gasteiger partial charge in [-0.15, -0.1) is 0 Å². The molecule has 0 aromatic heterocycles. The Labute approximate surface area is 183 Å². The summed E-state index contributed by atoms with van der Waals surface area (Å²) in [7, 11) is 3.26. The Kier molecular flexibility index (Phi) is 6.28. The molecular weight excluding hydrogens is 392 g/mol. The molecule has 2 atom stereocenters. The number of amides is 2. The van der Waals surface area contributed by atoms with E-state index in [9.17, 15) is 9.59 Å². The van der Waals surface area contributed by atoms with E-state index in [4.69, 9.17) is 9.47 Å². The number of carbonyl (C=O) groups is 2. The van der Waals surface area contributed by atoms with Crippen LogP contribution in [0.25, 0.3) is 0 Å². The second-order valence-corrected chi connectivity index (χ2v) is 8.34. The summed E-state index contributed by atoms with van der Waals surface area (Å²) >= 11 is 0. The van der Waals surface area contributed by atoms with Gasteiger partial charge in [-0.2, -0.15) is 0 Å². The molecule has 2 saturated heterocycles. The lowest BCUT2D eigenvalue weighted by molar-refractivity contribution is -0.132. The summed E-state index contributed by atoms with van der Waals surface area (Å²) in [5.74, 6) is 0.785. The fraction of sp³-hybridized carbons (Fsp3) is 0.440. The maximum atomic E-state index is 13.5. The summed E-state index contributed by atoms with van der Waals surface area (Å²) in [6.07, 6.45) is 2.03. The van der Waals surface area contributed by atoms with E-state index in [1.54, 1.807) is 38.5 Å². The van der Waals surface area contributed by atoms with Crippen LogP contribution in [0.4, 0.5) is 0 Å². The molecule has 164 valence electrons. The molecule has 31 heavy (non-hydrogen) atoms. The number of rotatable bonds is 6. The minimum Gasteiger partial charge on any atom is -0.497 e. The van der Waals surface area contributed by atoms with Crippen molar-refractivity contribution in [3.05, 3.63) is 65.7 Å². The van der Waals surface area contributed by atoms with Crippen LogP contribution in [0.3, 0.4) is 0 Å². The molecule has 4 rings (SSSR count). The summed E-state index contributed by atoms with van der Waals surface area (Å²) in [5.41, 5.74) is 1.62. The van der Waals surface area contributed by atoms with Gasteiger partial charge < -0.3 is 19.3 Å². The molecule has 2 aliphatic rings. The smallest absolute Gasteiger partial charge is 0.254 e. The monoisotopic (exact) mass is 422 g/mol. The fourth-order valence-corrected chi connectivity index (χ4v) is 5.12. The van der Waals surface area contributed by atoms with E-state index >= 15 is 0 Å². The first kappa shape index (κ1) is 21.4. The number of nitrogens with zero attached hydrogens (tertiary/aromatic N) is 2. The third-order valence-corrected chi connectivity index (χ3v) is 6.87. The number of ether oxygens (including phenoxy) is 2. The van der Waals surface area contributed by atoms with Crippen molar-refractivity contribution in [3.63, 3.8) is 0 Å². The molecule has 0 unspecified atom stereocenters. The maximum Gasteiger partial charge on any atom is 0.254 e. The van der Waals surface area contributed by atoms with Crippen molar-refractivity contribution < 1.29 is 19.1 Å². The van der Waals surface area contributed by atoms with Crippen molar-refractivity contribution in [2.45, 2.75) is 30.7 Å². The molecule has 0 radical (unpaired) electrons. The van der Waals surface area contributed by atoms with Crippen LogP contribution in [0.2, 0.25) is 0 Å². The number of carbonyl (C=O) groups excluding carboxylic acids is 2. The molecule has 6 heteroatoms. The van der Waals surface area contributed by atoms with E-state index in [2.05, 4.69) is 12.1 Å². The summed E-state index contributed by atoms with van der Waals surface area (Å²) < 4.78 is 10.4. The first-order valence-corrected chi connectivity index (χ1v) is 10.9. The second kappa shape index (κ2) is 9.10. The van der Waals surface area contributed by atoms with E-state index < -0.39 is 0 Å². The van der Waals surface area contributed by atoms with Gasteiger partial charge in [-0.1, -0.05) is 30.3 Å². The van der Waals surface area contributed by atoms with E-state index in [0.29, 0.717) is 38.2 Å². The molecule has 0 N–H and O–H groups in total. The Morgan fingerprint density at radius 2 is 1.74 bits per heavy atom. The van der Waals surface area contributed by atoms with Crippen LogP contribution in [-0.4, -0.2) is 68.1 Å². The quantitative estimate of drug-likeness (QED) is 0.718. The molecule has 0 bridgehead atoms. The molecule has 2 aromatic rings. The van der Waals surface area contributed by atoms with Crippen LogP contribution in [0, 0.1) is 0 Å². The standard InChI is InChI=1S/C25H30N2O4/c1-30-17-16-26-14-12-25(20-6-4-3-5-7-20)13-15-27(22(25)18-23(26)28)24(29)19-8-10-21(31-2)11-9-19/h3-11,22H,12-18H2,1-2H3/t22-,25+/m1/s1. The maximum absolute atomic E-state index is 13.5. The zero-order valence-corrected chi connectivity index (χ0v) is 18.3. The van der Waals surface area contributed by atoms with Gasteiger partial charge in [0.15, 0.2) is 0 Å². The van der Waals surface area contributed by atoms with Crippen LogP contribution in [0.1, 0.15) is 35.2 Å². The van der Waals surface area contributed by atoms with E-state index in [-0.39, 0.29) is 23.3 Å². The normalized spacial score (nSPS) is 23.4. The van der Waals surface area contributed by atoms with Crippen molar-refractivity contribution in [2.75, 3.05) is 40.5 Å². The number of likely N-dealkylation sites (tertiary alicyclic amines) is 2. The molecule has 2 fully saturated rings. The average molecular weight is 423 g/mol. The summed E-state index contributed by atoms with van der Waals surface area (Å²) in [5, 5.41) is 0.